The molecule has 2 rings (SSSR count). The van der Waals surface area contributed by atoms with Crippen molar-refractivity contribution in [2.45, 2.75) is 12.8 Å². The number of methoxy groups -OCH3 is 1. The third kappa shape index (κ3) is 3.82. The number of phenolic OH excluding ortho intramolecular Hbond substituents is 1. The summed E-state index contributed by atoms with van der Waals surface area (Å²) in [7, 11) is 1.48. The first-order valence-electron chi connectivity index (χ1n) is 5.80. The van der Waals surface area contributed by atoms with Crippen LogP contribution in [-0.4, -0.2) is 22.4 Å². The molecule has 8 heteroatoms. The Morgan fingerprint density at radius 1 is 1.33 bits per heavy atom. The minimum absolute atomic E-state index is 0.182. The van der Waals surface area contributed by atoms with E-state index in [2.05, 4.69) is 10.1 Å². The maximum Gasteiger partial charge on any atom is 0.419 e. The van der Waals surface area contributed by atoms with Crippen LogP contribution in [-0.2, 0) is 17.5 Å². The van der Waals surface area contributed by atoms with Crippen molar-refractivity contribution in [2.24, 2.45) is 0 Å². The molecule has 1 aromatic carbocycles. The quantitative estimate of drug-likeness (QED) is 0.939. The zero-order valence-corrected chi connectivity index (χ0v) is 10.9. The van der Waals surface area contributed by atoms with Gasteiger partial charge in [0.25, 0.3) is 5.89 Å². The van der Waals surface area contributed by atoms with Crippen molar-refractivity contribution in [1.29, 1.82) is 0 Å². The van der Waals surface area contributed by atoms with Crippen molar-refractivity contribution in [1.82, 2.24) is 10.1 Å². The maximum absolute atomic E-state index is 12.5. The number of benzene rings is 1. The Morgan fingerprint density at radius 3 is 2.71 bits per heavy atom. The van der Waals surface area contributed by atoms with E-state index in [0.29, 0.717) is 11.4 Å². The van der Waals surface area contributed by atoms with E-state index >= 15 is 0 Å². The van der Waals surface area contributed by atoms with Gasteiger partial charge >= 0.3 is 6.18 Å². The first kappa shape index (κ1) is 15.0. The molecule has 1 aromatic heterocycles. The minimum atomic E-state index is -4.59. The lowest BCUT2D eigenvalue weighted by Gasteiger charge is -2.08. The normalized spacial score (nSPS) is 12.2. The summed E-state index contributed by atoms with van der Waals surface area (Å²) in [6.45, 7) is 0.193. The number of hydrogen-bond acceptors (Lipinski definition) is 5. The van der Waals surface area contributed by atoms with Gasteiger partial charge in [0.1, 0.15) is 12.4 Å². The van der Waals surface area contributed by atoms with Crippen LogP contribution in [0, 0.1) is 0 Å². The van der Waals surface area contributed by atoms with Gasteiger partial charge in [-0.1, -0.05) is 11.2 Å². The summed E-state index contributed by atoms with van der Waals surface area (Å²) >= 11 is 0. The number of ether oxygens (including phenoxy) is 1. The number of aromatic nitrogens is 2. The minimum Gasteiger partial charge on any atom is -0.507 e. The van der Waals surface area contributed by atoms with E-state index in [-0.39, 0.29) is 12.5 Å². The second kappa shape index (κ2) is 5.96. The molecule has 5 nitrogen and oxygen atoms in total. The van der Waals surface area contributed by atoms with Crippen LogP contribution in [0.3, 0.4) is 0 Å². The number of alkyl halides is 3. The standard InChI is InChI=1S/C13H11F3N2O3/c1-20-7-11-17-12(21-18-11)5-3-8-2-4-9(10(19)6-8)13(14,15)16/h2-6,19H,7H2,1H3/b5-3+. The van der Waals surface area contributed by atoms with E-state index in [1.165, 1.54) is 25.3 Å². The molecule has 0 spiro atoms. The summed E-state index contributed by atoms with van der Waals surface area (Å²) in [5.41, 5.74) is -0.716. The summed E-state index contributed by atoms with van der Waals surface area (Å²) < 4.78 is 47.1. The Balaban J connectivity index is 2.15. The number of halogens is 3. The molecular formula is C13H11F3N2O3. The Hall–Kier alpha value is -2.35. The monoisotopic (exact) mass is 300 g/mol. The van der Waals surface area contributed by atoms with Gasteiger partial charge in [0.05, 0.1) is 5.56 Å². The predicted molar refractivity (Wildman–Crippen MR) is 67.0 cm³/mol. The van der Waals surface area contributed by atoms with Gasteiger partial charge in [-0.05, 0) is 23.8 Å². The van der Waals surface area contributed by atoms with Crippen LogP contribution in [0.2, 0.25) is 0 Å². The summed E-state index contributed by atoms with van der Waals surface area (Å²) in [5.74, 6) is -0.302. The Labute approximate surface area is 117 Å². The molecule has 21 heavy (non-hydrogen) atoms. The fourth-order valence-electron chi connectivity index (χ4n) is 1.58. The molecule has 0 radical (unpaired) electrons. The van der Waals surface area contributed by atoms with Crippen molar-refractivity contribution in [3.05, 3.63) is 41.0 Å². The smallest absolute Gasteiger partial charge is 0.419 e. The zero-order valence-electron chi connectivity index (χ0n) is 10.9. The summed E-state index contributed by atoms with van der Waals surface area (Å²) in [6, 6.07) is 3.04. The van der Waals surface area contributed by atoms with Crippen molar-refractivity contribution < 1.29 is 27.5 Å². The van der Waals surface area contributed by atoms with Gasteiger partial charge in [0.15, 0.2) is 5.82 Å². The van der Waals surface area contributed by atoms with Gasteiger partial charge in [-0.3, -0.25) is 0 Å². The Kier molecular flexibility index (Phi) is 4.27. The fourth-order valence-corrected chi connectivity index (χ4v) is 1.58. The molecule has 0 bridgehead atoms. The molecule has 0 saturated carbocycles. The molecule has 0 aliphatic rings. The van der Waals surface area contributed by atoms with Gasteiger partial charge in [-0.25, -0.2) is 0 Å². The number of nitrogens with zero attached hydrogens (tertiary/aromatic N) is 2. The molecule has 112 valence electrons. The van der Waals surface area contributed by atoms with Crippen molar-refractivity contribution >= 4 is 12.2 Å². The predicted octanol–water partition coefficient (Wildman–Crippen LogP) is 3.11. The zero-order chi connectivity index (χ0) is 15.5. The van der Waals surface area contributed by atoms with Gasteiger partial charge in [-0.2, -0.15) is 18.2 Å². The van der Waals surface area contributed by atoms with Crippen LogP contribution in [0.1, 0.15) is 22.8 Å². The molecule has 0 fully saturated rings. The van der Waals surface area contributed by atoms with E-state index in [1.54, 1.807) is 0 Å². The molecule has 0 saturated heterocycles. The number of hydrogen-bond donors (Lipinski definition) is 1. The molecule has 0 amide bonds. The first-order chi connectivity index (χ1) is 9.90. The van der Waals surface area contributed by atoms with Crippen LogP contribution in [0.25, 0.3) is 12.2 Å². The molecular weight excluding hydrogens is 289 g/mol. The summed E-state index contributed by atoms with van der Waals surface area (Å²) in [5, 5.41) is 13.0. The highest BCUT2D eigenvalue weighted by Crippen LogP contribution is 2.36. The molecule has 0 unspecified atom stereocenters. The van der Waals surface area contributed by atoms with E-state index in [4.69, 9.17) is 9.26 Å². The van der Waals surface area contributed by atoms with Gasteiger partial charge < -0.3 is 14.4 Å². The van der Waals surface area contributed by atoms with E-state index in [9.17, 15) is 18.3 Å². The maximum atomic E-state index is 12.5. The molecule has 0 atom stereocenters. The van der Waals surface area contributed by atoms with E-state index in [0.717, 1.165) is 12.1 Å². The number of aromatic hydroxyl groups is 1. The summed E-state index contributed by atoms with van der Waals surface area (Å²) in [6.07, 6.45) is -1.72. The van der Waals surface area contributed by atoms with Crippen LogP contribution >= 0.6 is 0 Å². The fraction of sp³-hybridized carbons (Fsp3) is 0.231. The average Bonchev–Trinajstić information content (AvgIpc) is 2.83. The SMILES string of the molecule is COCc1noc(/C=C/c2ccc(C(F)(F)F)c(O)c2)n1. The molecule has 2 aromatic rings. The number of phenols is 1. The highest BCUT2D eigenvalue weighted by Gasteiger charge is 2.33. The second-order valence-corrected chi connectivity index (χ2v) is 4.09. The Morgan fingerprint density at radius 2 is 2.10 bits per heavy atom. The van der Waals surface area contributed by atoms with Crippen LogP contribution in [0.4, 0.5) is 13.2 Å². The average molecular weight is 300 g/mol. The molecule has 0 aliphatic heterocycles. The van der Waals surface area contributed by atoms with Crippen molar-refractivity contribution in [3.8, 4) is 5.75 Å². The second-order valence-electron chi connectivity index (χ2n) is 4.09. The van der Waals surface area contributed by atoms with Crippen molar-refractivity contribution in [2.75, 3.05) is 7.11 Å². The van der Waals surface area contributed by atoms with Crippen molar-refractivity contribution in [3.63, 3.8) is 0 Å². The van der Waals surface area contributed by atoms with E-state index in [1.807, 2.05) is 0 Å². The third-order valence-electron chi connectivity index (χ3n) is 2.50. The largest absolute Gasteiger partial charge is 0.507 e. The number of rotatable bonds is 4. The van der Waals surface area contributed by atoms with Gasteiger partial charge in [0.2, 0.25) is 0 Å². The third-order valence-corrected chi connectivity index (χ3v) is 2.50. The van der Waals surface area contributed by atoms with Crippen LogP contribution < -0.4 is 0 Å². The lowest BCUT2D eigenvalue weighted by atomic mass is 10.1. The van der Waals surface area contributed by atoms with Gasteiger partial charge in [-0.15, -0.1) is 0 Å². The lowest BCUT2D eigenvalue weighted by molar-refractivity contribution is -0.138. The Bertz CT molecular complexity index is 650. The highest BCUT2D eigenvalue weighted by molar-refractivity contribution is 5.67. The highest BCUT2D eigenvalue weighted by atomic mass is 19.4. The molecule has 1 N–H and O–H groups in total. The molecule has 1 heterocycles. The van der Waals surface area contributed by atoms with Gasteiger partial charge in [0, 0.05) is 13.2 Å². The topological polar surface area (TPSA) is 68.4 Å². The van der Waals surface area contributed by atoms with Crippen LogP contribution in [0.15, 0.2) is 22.7 Å². The van der Waals surface area contributed by atoms with Crippen LogP contribution in [0.5, 0.6) is 5.75 Å². The van der Waals surface area contributed by atoms with E-state index < -0.39 is 17.5 Å². The lowest BCUT2D eigenvalue weighted by Crippen LogP contribution is -2.04. The first-order valence-corrected chi connectivity index (χ1v) is 5.80. The molecule has 0 aliphatic carbocycles. The summed E-state index contributed by atoms with van der Waals surface area (Å²) in [4.78, 5) is 3.96.